The normalized spacial score (nSPS) is 13.3. The first-order chi connectivity index (χ1) is 18.1. The smallest absolute Gasteiger partial charge is 0.493 e. The van der Waals surface area contributed by atoms with E-state index in [1.165, 1.54) is 27.2 Å². The number of amides is 1. The zero-order valence-corrected chi connectivity index (χ0v) is 21.6. The Balaban J connectivity index is 1.81. The van der Waals surface area contributed by atoms with Crippen LogP contribution in [0.5, 0.6) is 11.5 Å². The van der Waals surface area contributed by atoms with Crippen molar-refractivity contribution >= 4 is 36.5 Å². The minimum absolute atomic E-state index is 0.00485. The van der Waals surface area contributed by atoms with Gasteiger partial charge in [0.15, 0.2) is 11.5 Å². The summed E-state index contributed by atoms with van der Waals surface area (Å²) in [5.41, 5.74) is 0.973. The highest BCUT2D eigenvalue weighted by molar-refractivity contribution is 7.48. The van der Waals surface area contributed by atoms with Gasteiger partial charge in [0.1, 0.15) is 12.6 Å². The van der Waals surface area contributed by atoms with Crippen LogP contribution < -0.4 is 14.8 Å². The van der Waals surface area contributed by atoms with Crippen LogP contribution in [0.1, 0.15) is 18.1 Å². The number of aromatic nitrogens is 1. The highest BCUT2D eigenvalue weighted by Crippen LogP contribution is 2.43. The average molecular weight is 551 g/mol. The molecule has 2 atom stereocenters. The van der Waals surface area contributed by atoms with Crippen molar-refractivity contribution in [3.63, 3.8) is 0 Å². The van der Waals surface area contributed by atoms with Crippen molar-refractivity contribution in [3.05, 3.63) is 63.8 Å². The number of benzene rings is 2. The Kier molecular flexibility index (Phi) is 9.29. The molecule has 3 aromatic rings. The van der Waals surface area contributed by atoms with E-state index in [0.29, 0.717) is 5.56 Å². The molecule has 38 heavy (non-hydrogen) atoms. The van der Waals surface area contributed by atoms with Crippen LogP contribution in [0.25, 0.3) is 10.9 Å². The number of phosphoric acid groups is 1. The summed E-state index contributed by atoms with van der Waals surface area (Å²) in [6.45, 7) is 0.672. The van der Waals surface area contributed by atoms with Gasteiger partial charge in [0.25, 0.3) is 5.69 Å². The number of H-pyrrole nitrogens is 1. The second kappa shape index (κ2) is 12.4. The van der Waals surface area contributed by atoms with Crippen molar-refractivity contribution in [2.45, 2.75) is 26.0 Å². The Labute approximate surface area is 216 Å². The van der Waals surface area contributed by atoms with E-state index in [0.717, 1.165) is 17.0 Å². The Morgan fingerprint density at radius 3 is 2.50 bits per heavy atom. The molecule has 1 unspecified atom stereocenters. The minimum atomic E-state index is -4.73. The average Bonchev–Trinajstić information content (AvgIpc) is 3.28. The maximum absolute atomic E-state index is 12.8. The number of carbonyl (C=O) groups is 2. The van der Waals surface area contributed by atoms with Gasteiger partial charge in [0.05, 0.1) is 37.4 Å². The van der Waals surface area contributed by atoms with Crippen molar-refractivity contribution < 1.29 is 47.2 Å². The lowest BCUT2D eigenvalue weighted by Crippen LogP contribution is -2.43. The molecule has 0 spiro atoms. The van der Waals surface area contributed by atoms with Gasteiger partial charge >= 0.3 is 19.9 Å². The van der Waals surface area contributed by atoms with Crippen LogP contribution in [0.2, 0.25) is 0 Å². The van der Waals surface area contributed by atoms with E-state index in [1.54, 1.807) is 30.5 Å². The van der Waals surface area contributed by atoms with Gasteiger partial charge in [0.2, 0.25) is 0 Å². The first-order valence-electron chi connectivity index (χ1n) is 11.2. The van der Waals surface area contributed by atoms with Crippen molar-refractivity contribution in [2.24, 2.45) is 0 Å². The number of para-hydroxylation sites is 1. The van der Waals surface area contributed by atoms with Crippen LogP contribution in [-0.2, 0) is 36.2 Å². The largest absolute Gasteiger partial charge is 0.529 e. The first kappa shape index (κ1) is 28.4. The monoisotopic (exact) mass is 551 g/mol. The Morgan fingerprint density at radius 1 is 1.16 bits per heavy atom. The van der Waals surface area contributed by atoms with Crippen LogP contribution in [0.3, 0.4) is 0 Å². The van der Waals surface area contributed by atoms with E-state index in [4.69, 9.17) is 14.2 Å². The molecule has 3 N–H and O–H groups in total. The Hall–Kier alpha value is -4.13. The first-order valence-corrected chi connectivity index (χ1v) is 12.7. The number of nitro benzene ring substituents is 1. The number of hydrogen-bond acceptors (Lipinski definition) is 10. The van der Waals surface area contributed by atoms with Crippen LogP contribution in [-0.4, -0.2) is 53.7 Å². The third-order valence-electron chi connectivity index (χ3n) is 5.31. The second-order valence-corrected chi connectivity index (χ2v) is 9.10. The zero-order valence-electron chi connectivity index (χ0n) is 20.7. The summed E-state index contributed by atoms with van der Waals surface area (Å²) in [6, 6.07) is 8.12. The second-order valence-electron chi connectivity index (χ2n) is 7.73. The molecular weight excluding hydrogens is 525 g/mol. The summed E-state index contributed by atoms with van der Waals surface area (Å²) in [4.78, 5) is 49.0. The fourth-order valence-corrected chi connectivity index (χ4v) is 4.34. The van der Waals surface area contributed by atoms with Crippen molar-refractivity contribution in [1.82, 2.24) is 10.3 Å². The fraction of sp³-hybridized carbons (Fsp3) is 0.304. The number of hydrogen-bond donors (Lipinski definition) is 3. The maximum atomic E-state index is 12.8. The number of nitro groups is 1. The lowest BCUT2D eigenvalue weighted by Gasteiger charge is -2.19. The maximum Gasteiger partial charge on any atom is 0.529 e. The molecule has 1 heterocycles. The molecule has 0 aliphatic heterocycles. The molecule has 3 rings (SSSR count). The molecule has 0 aliphatic carbocycles. The van der Waals surface area contributed by atoms with Crippen molar-refractivity contribution in [1.29, 1.82) is 0 Å². The van der Waals surface area contributed by atoms with Crippen LogP contribution in [0.15, 0.2) is 42.6 Å². The number of methoxy groups -OCH3 is 2. The highest BCUT2D eigenvalue weighted by atomic mass is 31.2. The fourth-order valence-electron chi connectivity index (χ4n) is 3.60. The van der Waals surface area contributed by atoms with Gasteiger partial charge in [0, 0.05) is 23.5 Å². The van der Waals surface area contributed by atoms with Gasteiger partial charge in [-0.05, 0) is 24.6 Å². The third kappa shape index (κ3) is 7.00. The number of aromatic amines is 1. The molecule has 204 valence electrons. The molecule has 15 heteroatoms. The summed E-state index contributed by atoms with van der Waals surface area (Å²) in [7, 11) is -2.08. The quantitative estimate of drug-likeness (QED) is 0.169. The van der Waals surface area contributed by atoms with Gasteiger partial charge in [-0.2, -0.15) is 0 Å². The number of fused-ring (bicyclic) bond motifs is 1. The SMILES string of the molecule is CCOP(=O)(O)OC(=O)[C@H](Cc1c[nH]c2ccccc12)NC(=O)OCc1cc(OC)c(OC)cc1[N+](=O)[O-]. The Morgan fingerprint density at radius 2 is 1.84 bits per heavy atom. The van der Waals surface area contributed by atoms with E-state index in [1.807, 2.05) is 0 Å². The summed E-state index contributed by atoms with van der Waals surface area (Å²) >= 11 is 0. The van der Waals surface area contributed by atoms with Gasteiger partial charge in [-0.15, -0.1) is 0 Å². The molecular formula is C23H26N3O11P. The molecule has 0 bridgehead atoms. The minimum Gasteiger partial charge on any atom is -0.493 e. The lowest BCUT2D eigenvalue weighted by atomic mass is 10.1. The molecule has 0 aliphatic rings. The van der Waals surface area contributed by atoms with E-state index in [-0.39, 0.29) is 35.8 Å². The molecule has 14 nitrogen and oxygen atoms in total. The summed E-state index contributed by atoms with van der Waals surface area (Å²) in [6.07, 6.45) is 0.340. The van der Waals surface area contributed by atoms with E-state index < -0.39 is 37.5 Å². The topological polar surface area (TPSA) is 189 Å². The van der Waals surface area contributed by atoms with Crippen molar-refractivity contribution in [2.75, 3.05) is 20.8 Å². The molecule has 2 aromatic carbocycles. The molecule has 0 fully saturated rings. The number of nitrogens with zero attached hydrogens (tertiary/aromatic N) is 1. The van der Waals surface area contributed by atoms with Gasteiger partial charge in [-0.25, -0.2) is 14.2 Å². The molecule has 0 saturated heterocycles. The molecule has 1 aromatic heterocycles. The van der Waals surface area contributed by atoms with Crippen LogP contribution in [0, 0.1) is 10.1 Å². The van der Waals surface area contributed by atoms with Crippen molar-refractivity contribution in [3.8, 4) is 11.5 Å². The van der Waals surface area contributed by atoms with Crippen LogP contribution in [0.4, 0.5) is 10.5 Å². The summed E-state index contributed by atoms with van der Waals surface area (Å²) in [5.74, 6) is -0.965. The predicted molar refractivity (Wildman–Crippen MR) is 133 cm³/mol. The van der Waals surface area contributed by atoms with E-state index >= 15 is 0 Å². The lowest BCUT2D eigenvalue weighted by molar-refractivity contribution is -0.385. The number of phosphoric ester groups is 1. The molecule has 0 saturated carbocycles. The number of carbonyl (C=O) groups excluding carboxylic acids is 2. The van der Waals surface area contributed by atoms with Crippen LogP contribution >= 0.6 is 7.82 Å². The predicted octanol–water partition coefficient (Wildman–Crippen LogP) is 3.61. The van der Waals surface area contributed by atoms with E-state index in [9.17, 15) is 29.2 Å². The van der Waals surface area contributed by atoms with E-state index in [2.05, 4.69) is 19.3 Å². The van der Waals surface area contributed by atoms with Gasteiger partial charge < -0.3 is 29.0 Å². The summed E-state index contributed by atoms with van der Waals surface area (Å²) < 4.78 is 36.5. The Bertz CT molecular complexity index is 1370. The number of alkyl carbamates (subject to hydrolysis) is 1. The highest BCUT2D eigenvalue weighted by Gasteiger charge is 2.33. The van der Waals surface area contributed by atoms with Gasteiger partial charge in [-0.3, -0.25) is 19.5 Å². The third-order valence-corrected chi connectivity index (χ3v) is 6.31. The number of ether oxygens (including phenoxy) is 3. The summed E-state index contributed by atoms with van der Waals surface area (Å²) in [5, 5.41) is 14.5. The standard InChI is InChI=1S/C23H26N3O11P/c1-4-36-38(31,32)37-22(27)18(9-14-12-24-17-8-6-5-7-16(14)17)25-23(28)35-13-15-10-20(33-2)21(34-3)11-19(15)26(29)30/h5-8,10-12,18,24H,4,9,13H2,1-3H3,(H,25,28)(H,31,32)/t18-/m0/s1. The van der Waals surface area contributed by atoms with Gasteiger partial charge in [-0.1, -0.05) is 18.2 Å². The molecule has 1 amide bonds. The number of rotatable bonds is 12. The number of nitrogens with one attached hydrogen (secondary N) is 2. The molecule has 0 radical (unpaired) electrons. The zero-order chi connectivity index (χ0) is 27.9.